The lowest BCUT2D eigenvalue weighted by molar-refractivity contribution is 0.0859. The van der Waals surface area contributed by atoms with Crippen LogP contribution in [0.3, 0.4) is 0 Å². The maximum atomic E-state index is 12.2. The molecular weight excluding hydrogens is 274 g/mol. The molecule has 21 heavy (non-hydrogen) atoms. The normalized spacial score (nSPS) is 21.4. The lowest BCUT2D eigenvalue weighted by atomic mass is 10.2. The molecule has 2 aliphatic rings. The molecule has 1 fully saturated rings. The van der Waals surface area contributed by atoms with E-state index in [1.54, 1.807) is 12.1 Å². The van der Waals surface area contributed by atoms with Crippen molar-refractivity contribution in [3.63, 3.8) is 0 Å². The van der Waals surface area contributed by atoms with E-state index in [1.807, 2.05) is 0 Å². The molecule has 110 valence electrons. The van der Waals surface area contributed by atoms with Crippen molar-refractivity contribution in [3.8, 4) is 11.5 Å². The summed E-state index contributed by atoms with van der Waals surface area (Å²) >= 11 is 0. The van der Waals surface area contributed by atoms with Crippen molar-refractivity contribution < 1.29 is 18.6 Å². The number of nitrogens with zero attached hydrogens (tertiary/aromatic N) is 1. The van der Waals surface area contributed by atoms with Crippen LogP contribution < -0.4 is 15.1 Å². The minimum Gasteiger partial charge on any atom is -0.490 e. The fourth-order valence-corrected chi connectivity index (χ4v) is 2.66. The van der Waals surface area contributed by atoms with Gasteiger partial charge < -0.3 is 18.6 Å². The standard InChI is InChI=1S/C15H15NO5/c17-15-9-7-12-13(20-6-2-5-19-12)8-10(9)16-14(21-15)11-3-1-4-18-11/h7-8,11H,1-6H2/t11-/m1/s1. The molecule has 0 bridgehead atoms. The molecule has 0 unspecified atom stereocenters. The number of hydrogen-bond donors (Lipinski definition) is 0. The molecule has 1 aromatic carbocycles. The molecule has 3 heterocycles. The molecule has 0 aliphatic carbocycles. The van der Waals surface area contributed by atoms with E-state index < -0.39 is 5.63 Å². The first-order valence-electron chi connectivity index (χ1n) is 7.17. The Morgan fingerprint density at radius 2 is 1.86 bits per heavy atom. The van der Waals surface area contributed by atoms with Gasteiger partial charge in [0.25, 0.3) is 0 Å². The summed E-state index contributed by atoms with van der Waals surface area (Å²) in [5, 5.41) is 0.404. The summed E-state index contributed by atoms with van der Waals surface area (Å²) in [4.78, 5) is 16.6. The second-order valence-corrected chi connectivity index (χ2v) is 5.21. The Labute approximate surface area is 120 Å². The van der Waals surface area contributed by atoms with E-state index in [4.69, 9.17) is 18.6 Å². The largest absolute Gasteiger partial charge is 0.490 e. The third kappa shape index (κ3) is 2.25. The first kappa shape index (κ1) is 12.6. The minimum atomic E-state index is -0.416. The maximum Gasteiger partial charge on any atom is 0.347 e. The molecule has 1 aromatic heterocycles. The van der Waals surface area contributed by atoms with Crippen molar-refractivity contribution >= 4 is 10.9 Å². The molecular formula is C15H15NO5. The smallest absolute Gasteiger partial charge is 0.347 e. The van der Waals surface area contributed by atoms with Crippen LogP contribution in [0.5, 0.6) is 11.5 Å². The molecule has 4 rings (SSSR count). The van der Waals surface area contributed by atoms with Gasteiger partial charge in [-0.05, 0) is 12.8 Å². The van der Waals surface area contributed by atoms with Crippen molar-refractivity contribution in [2.45, 2.75) is 25.4 Å². The number of aromatic nitrogens is 1. The van der Waals surface area contributed by atoms with E-state index >= 15 is 0 Å². The number of benzene rings is 1. The molecule has 0 spiro atoms. The zero-order chi connectivity index (χ0) is 14.2. The fourth-order valence-electron chi connectivity index (χ4n) is 2.66. The van der Waals surface area contributed by atoms with Crippen LogP contribution in [0.1, 0.15) is 31.3 Å². The maximum absolute atomic E-state index is 12.2. The van der Waals surface area contributed by atoms with Gasteiger partial charge >= 0.3 is 5.63 Å². The molecule has 0 saturated carbocycles. The van der Waals surface area contributed by atoms with Gasteiger partial charge in [-0.25, -0.2) is 9.78 Å². The van der Waals surface area contributed by atoms with Gasteiger partial charge in [0, 0.05) is 25.2 Å². The van der Waals surface area contributed by atoms with Crippen LogP contribution in [0.2, 0.25) is 0 Å². The Balaban J connectivity index is 1.85. The van der Waals surface area contributed by atoms with Crippen LogP contribution in [0, 0.1) is 0 Å². The predicted octanol–water partition coefficient (Wildman–Crippen LogP) is 2.20. The average molecular weight is 289 g/mol. The Kier molecular flexibility index (Phi) is 3.03. The highest BCUT2D eigenvalue weighted by Gasteiger charge is 2.24. The lowest BCUT2D eigenvalue weighted by Gasteiger charge is -2.10. The van der Waals surface area contributed by atoms with Crippen molar-refractivity contribution in [1.29, 1.82) is 0 Å². The SMILES string of the molecule is O=c1oc([C@H]2CCCO2)nc2cc3c(cc12)OCCCO3. The number of fused-ring (bicyclic) bond motifs is 2. The van der Waals surface area contributed by atoms with Gasteiger partial charge in [-0.1, -0.05) is 0 Å². The second-order valence-electron chi connectivity index (χ2n) is 5.21. The van der Waals surface area contributed by atoms with Crippen LogP contribution in [-0.4, -0.2) is 24.8 Å². The zero-order valence-corrected chi connectivity index (χ0v) is 11.5. The number of hydrogen-bond acceptors (Lipinski definition) is 6. The first-order chi connectivity index (χ1) is 10.3. The Morgan fingerprint density at radius 1 is 1.05 bits per heavy atom. The van der Waals surface area contributed by atoms with Gasteiger partial charge in [0.1, 0.15) is 6.10 Å². The number of rotatable bonds is 1. The molecule has 6 heteroatoms. The van der Waals surface area contributed by atoms with Gasteiger partial charge in [-0.15, -0.1) is 0 Å². The van der Waals surface area contributed by atoms with Crippen LogP contribution in [0.15, 0.2) is 21.3 Å². The lowest BCUT2D eigenvalue weighted by Crippen LogP contribution is -2.09. The summed E-state index contributed by atoms with van der Waals surface area (Å²) < 4.78 is 22.0. The summed E-state index contributed by atoms with van der Waals surface area (Å²) in [5.41, 5.74) is 0.141. The van der Waals surface area contributed by atoms with E-state index in [1.165, 1.54) is 0 Å². The van der Waals surface area contributed by atoms with Crippen LogP contribution in [0.25, 0.3) is 10.9 Å². The van der Waals surface area contributed by atoms with Gasteiger partial charge in [-0.3, -0.25) is 0 Å². The van der Waals surface area contributed by atoms with E-state index in [0.717, 1.165) is 19.3 Å². The molecule has 6 nitrogen and oxygen atoms in total. The highest BCUT2D eigenvalue weighted by molar-refractivity contribution is 5.81. The molecule has 2 aromatic rings. The van der Waals surface area contributed by atoms with E-state index in [9.17, 15) is 4.79 Å². The molecule has 1 atom stereocenters. The summed E-state index contributed by atoms with van der Waals surface area (Å²) in [6.07, 6.45) is 2.37. The first-order valence-corrected chi connectivity index (χ1v) is 7.17. The number of ether oxygens (including phenoxy) is 3. The summed E-state index contributed by atoms with van der Waals surface area (Å²) in [6.45, 7) is 1.85. The van der Waals surface area contributed by atoms with Crippen LogP contribution in [-0.2, 0) is 4.74 Å². The quantitative estimate of drug-likeness (QED) is 0.801. The van der Waals surface area contributed by atoms with Gasteiger partial charge in [-0.2, -0.15) is 0 Å². The average Bonchev–Trinajstić information content (AvgIpc) is 2.92. The van der Waals surface area contributed by atoms with Gasteiger partial charge in [0.05, 0.1) is 24.1 Å². The Bertz CT molecular complexity index is 733. The van der Waals surface area contributed by atoms with Gasteiger partial charge in [0.15, 0.2) is 11.5 Å². The minimum absolute atomic E-state index is 0.224. The molecule has 0 amide bonds. The zero-order valence-electron chi connectivity index (χ0n) is 11.5. The monoisotopic (exact) mass is 289 g/mol. The molecule has 1 saturated heterocycles. The third-order valence-electron chi connectivity index (χ3n) is 3.72. The van der Waals surface area contributed by atoms with Crippen molar-refractivity contribution in [2.75, 3.05) is 19.8 Å². The Morgan fingerprint density at radius 3 is 2.62 bits per heavy atom. The van der Waals surface area contributed by atoms with Crippen molar-refractivity contribution in [3.05, 3.63) is 28.4 Å². The second kappa shape index (κ2) is 5.04. The molecule has 2 aliphatic heterocycles. The summed E-state index contributed by atoms with van der Waals surface area (Å²) in [7, 11) is 0. The third-order valence-corrected chi connectivity index (χ3v) is 3.72. The summed E-state index contributed by atoms with van der Waals surface area (Å²) in [5.74, 6) is 1.54. The van der Waals surface area contributed by atoms with E-state index in [2.05, 4.69) is 4.98 Å². The summed E-state index contributed by atoms with van der Waals surface area (Å²) in [6, 6.07) is 3.39. The van der Waals surface area contributed by atoms with Crippen molar-refractivity contribution in [2.24, 2.45) is 0 Å². The van der Waals surface area contributed by atoms with E-state index in [-0.39, 0.29) is 6.10 Å². The van der Waals surface area contributed by atoms with Crippen molar-refractivity contribution in [1.82, 2.24) is 4.98 Å². The van der Waals surface area contributed by atoms with Crippen LogP contribution >= 0.6 is 0 Å². The Hall–Kier alpha value is -2.08. The van der Waals surface area contributed by atoms with Gasteiger partial charge in [0.2, 0.25) is 5.89 Å². The predicted molar refractivity (Wildman–Crippen MR) is 73.8 cm³/mol. The highest BCUT2D eigenvalue weighted by atomic mass is 16.5. The fraction of sp³-hybridized carbons (Fsp3) is 0.467. The highest BCUT2D eigenvalue weighted by Crippen LogP contribution is 2.34. The topological polar surface area (TPSA) is 70.8 Å². The molecule has 0 radical (unpaired) electrons. The van der Waals surface area contributed by atoms with Crippen LogP contribution in [0.4, 0.5) is 0 Å². The van der Waals surface area contributed by atoms with E-state index in [0.29, 0.717) is 48.1 Å². The molecule has 0 N–H and O–H groups in total.